The van der Waals surface area contributed by atoms with E-state index < -0.39 is 10.0 Å². The molecule has 2 aliphatic heterocycles. The Kier molecular flexibility index (Phi) is 5.50. The van der Waals surface area contributed by atoms with Gasteiger partial charge in [-0.25, -0.2) is 12.7 Å². The molecule has 2 aliphatic rings. The zero-order chi connectivity index (χ0) is 17.2. The molecule has 2 heterocycles. The summed E-state index contributed by atoms with van der Waals surface area (Å²) in [5.74, 6) is 0.601. The van der Waals surface area contributed by atoms with Crippen LogP contribution in [0.15, 0.2) is 30.3 Å². The highest BCUT2D eigenvalue weighted by molar-refractivity contribution is 7.89. The van der Waals surface area contributed by atoms with Gasteiger partial charge in [0.25, 0.3) is 0 Å². The van der Waals surface area contributed by atoms with Crippen molar-refractivity contribution in [3.63, 3.8) is 0 Å². The van der Waals surface area contributed by atoms with Crippen molar-refractivity contribution in [3.8, 4) is 0 Å². The molecule has 5 heteroatoms. The summed E-state index contributed by atoms with van der Waals surface area (Å²) in [5, 5.41) is -0.315. The van der Waals surface area contributed by atoms with Crippen LogP contribution in [0, 0.1) is 5.92 Å². The van der Waals surface area contributed by atoms with Crippen LogP contribution in [0.4, 0.5) is 5.69 Å². The van der Waals surface area contributed by atoms with Crippen LogP contribution in [0.3, 0.4) is 0 Å². The second kappa shape index (κ2) is 7.44. The van der Waals surface area contributed by atoms with Gasteiger partial charge in [-0.3, -0.25) is 0 Å². The summed E-state index contributed by atoms with van der Waals surface area (Å²) < 4.78 is 26.5. The van der Waals surface area contributed by atoms with Crippen molar-refractivity contribution in [2.45, 2.75) is 57.2 Å². The van der Waals surface area contributed by atoms with Crippen molar-refractivity contribution < 1.29 is 8.42 Å². The monoisotopic (exact) mass is 350 g/mol. The van der Waals surface area contributed by atoms with Crippen LogP contribution < -0.4 is 4.90 Å². The number of benzene rings is 1. The number of nitrogens with zero attached hydrogens (tertiary/aromatic N) is 2. The van der Waals surface area contributed by atoms with Crippen LogP contribution in [-0.4, -0.2) is 43.6 Å². The Morgan fingerprint density at radius 3 is 2.25 bits per heavy atom. The summed E-state index contributed by atoms with van der Waals surface area (Å²) in [7, 11) is -3.10. The average Bonchev–Trinajstić information content (AvgIpc) is 2.62. The third kappa shape index (κ3) is 3.62. The maximum absolute atomic E-state index is 12.4. The van der Waals surface area contributed by atoms with Crippen LogP contribution in [0.1, 0.15) is 46.0 Å². The van der Waals surface area contributed by atoms with Gasteiger partial charge in [0.2, 0.25) is 10.0 Å². The Bertz CT molecular complexity index is 622. The zero-order valence-electron chi connectivity index (χ0n) is 14.9. The molecule has 2 saturated heterocycles. The smallest absolute Gasteiger partial charge is 0.216 e. The lowest BCUT2D eigenvalue weighted by Gasteiger charge is -2.44. The Hall–Kier alpha value is -1.07. The zero-order valence-corrected chi connectivity index (χ0v) is 15.7. The molecule has 4 nitrogen and oxygen atoms in total. The highest BCUT2D eigenvalue weighted by atomic mass is 32.2. The fourth-order valence-electron chi connectivity index (χ4n) is 4.20. The van der Waals surface area contributed by atoms with Gasteiger partial charge < -0.3 is 4.90 Å². The standard InChI is InChI=1S/C19H30N2O2S/c1-16(2)24(22,23)20-14-11-17(12-15-20)19-10-6-7-13-21(19)18-8-4-3-5-9-18/h3-5,8-9,16-17,19H,6-7,10-15H2,1-2H3. The van der Waals surface area contributed by atoms with Gasteiger partial charge in [-0.15, -0.1) is 0 Å². The van der Waals surface area contributed by atoms with Gasteiger partial charge in [0, 0.05) is 31.4 Å². The fourth-order valence-corrected chi connectivity index (χ4v) is 5.52. The van der Waals surface area contributed by atoms with E-state index in [4.69, 9.17) is 0 Å². The highest BCUT2D eigenvalue weighted by Gasteiger charge is 2.36. The average molecular weight is 351 g/mol. The Morgan fingerprint density at radius 2 is 1.62 bits per heavy atom. The first-order chi connectivity index (χ1) is 11.5. The van der Waals surface area contributed by atoms with Crippen molar-refractivity contribution in [3.05, 3.63) is 30.3 Å². The van der Waals surface area contributed by atoms with E-state index >= 15 is 0 Å². The summed E-state index contributed by atoms with van der Waals surface area (Å²) >= 11 is 0. The molecule has 0 radical (unpaired) electrons. The quantitative estimate of drug-likeness (QED) is 0.834. The molecular weight excluding hydrogens is 320 g/mol. The first-order valence-electron chi connectivity index (χ1n) is 9.31. The molecule has 0 amide bonds. The minimum atomic E-state index is -3.10. The minimum absolute atomic E-state index is 0.315. The molecule has 0 saturated carbocycles. The summed E-state index contributed by atoms with van der Waals surface area (Å²) in [5.41, 5.74) is 1.32. The van der Waals surface area contributed by atoms with Crippen molar-refractivity contribution in [1.82, 2.24) is 4.31 Å². The summed E-state index contributed by atoms with van der Waals surface area (Å²) in [4.78, 5) is 2.57. The number of hydrogen-bond donors (Lipinski definition) is 0. The molecule has 134 valence electrons. The lowest BCUT2D eigenvalue weighted by atomic mass is 9.84. The van der Waals surface area contributed by atoms with E-state index in [-0.39, 0.29) is 5.25 Å². The van der Waals surface area contributed by atoms with E-state index in [0.29, 0.717) is 25.0 Å². The SMILES string of the molecule is CC(C)S(=O)(=O)N1CCC(C2CCCCN2c2ccccc2)CC1. The predicted molar refractivity (Wildman–Crippen MR) is 99.8 cm³/mol. The molecular formula is C19H30N2O2S. The number of anilines is 1. The van der Waals surface area contributed by atoms with Gasteiger partial charge in [-0.2, -0.15) is 0 Å². The van der Waals surface area contributed by atoms with E-state index in [0.717, 1.165) is 19.4 Å². The van der Waals surface area contributed by atoms with Crippen molar-refractivity contribution >= 4 is 15.7 Å². The molecule has 1 aromatic carbocycles. The number of rotatable bonds is 4. The van der Waals surface area contributed by atoms with Crippen LogP contribution in [-0.2, 0) is 10.0 Å². The lowest BCUT2D eigenvalue weighted by Crippen LogP contribution is -2.49. The van der Waals surface area contributed by atoms with Crippen LogP contribution >= 0.6 is 0 Å². The van der Waals surface area contributed by atoms with Crippen molar-refractivity contribution in [1.29, 1.82) is 0 Å². The summed E-state index contributed by atoms with van der Waals surface area (Å²) in [6.45, 7) is 6.05. The number of piperidine rings is 2. The lowest BCUT2D eigenvalue weighted by molar-refractivity contribution is 0.220. The van der Waals surface area contributed by atoms with E-state index in [2.05, 4.69) is 35.2 Å². The van der Waals surface area contributed by atoms with Gasteiger partial charge >= 0.3 is 0 Å². The van der Waals surface area contributed by atoms with Gasteiger partial charge in [-0.05, 0) is 64.0 Å². The van der Waals surface area contributed by atoms with E-state index in [1.54, 1.807) is 18.2 Å². The van der Waals surface area contributed by atoms with Crippen molar-refractivity contribution in [2.24, 2.45) is 5.92 Å². The predicted octanol–water partition coefficient (Wildman–Crippen LogP) is 3.50. The third-order valence-corrected chi connectivity index (χ3v) is 7.91. The Labute approximate surface area is 146 Å². The number of sulfonamides is 1. The maximum Gasteiger partial charge on any atom is 0.216 e. The molecule has 2 fully saturated rings. The highest BCUT2D eigenvalue weighted by Crippen LogP contribution is 2.34. The molecule has 1 unspecified atom stereocenters. The molecule has 3 rings (SSSR count). The molecule has 1 atom stereocenters. The number of para-hydroxylation sites is 1. The molecule has 0 spiro atoms. The third-order valence-electron chi connectivity index (χ3n) is 5.64. The van der Waals surface area contributed by atoms with Crippen molar-refractivity contribution in [2.75, 3.05) is 24.5 Å². The second-order valence-electron chi connectivity index (χ2n) is 7.42. The number of hydrogen-bond acceptors (Lipinski definition) is 3. The Morgan fingerprint density at radius 1 is 0.958 bits per heavy atom. The van der Waals surface area contributed by atoms with Gasteiger partial charge in [0.1, 0.15) is 0 Å². The van der Waals surface area contributed by atoms with Crippen LogP contribution in [0.25, 0.3) is 0 Å². The molecule has 24 heavy (non-hydrogen) atoms. The minimum Gasteiger partial charge on any atom is -0.368 e. The normalized spacial score (nSPS) is 24.5. The van der Waals surface area contributed by atoms with Crippen LogP contribution in [0.2, 0.25) is 0 Å². The van der Waals surface area contributed by atoms with E-state index in [1.165, 1.54) is 24.9 Å². The summed E-state index contributed by atoms with van der Waals surface area (Å²) in [6.07, 6.45) is 5.75. The molecule has 0 bridgehead atoms. The maximum atomic E-state index is 12.4. The first-order valence-corrected chi connectivity index (χ1v) is 10.8. The molecule has 0 N–H and O–H groups in total. The largest absolute Gasteiger partial charge is 0.368 e. The summed E-state index contributed by atoms with van der Waals surface area (Å²) in [6, 6.07) is 11.3. The topological polar surface area (TPSA) is 40.6 Å². The van der Waals surface area contributed by atoms with Gasteiger partial charge in [0.05, 0.1) is 5.25 Å². The van der Waals surface area contributed by atoms with Crippen LogP contribution in [0.5, 0.6) is 0 Å². The molecule has 0 aromatic heterocycles. The molecule has 0 aliphatic carbocycles. The van der Waals surface area contributed by atoms with E-state index in [9.17, 15) is 8.42 Å². The van der Waals surface area contributed by atoms with Gasteiger partial charge in [0.15, 0.2) is 0 Å². The van der Waals surface area contributed by atoms with E-state index in [1.807, 2.05) is 0 Å². The van der Waals surface area contributed by atoms with Gasteiger partial charge in [-0.1, -0.05) is 18.2 Å². The second-order valence-corrected chi connectivity index (χ2v) is 9.91. The Balaban J connectivity index is 1.68. The fraction of sp³-hybridized carbons (Fsp3) is 0.684. The first kappa shape index (κ1) is 17.7. The molecule has 1 aromatic rings.